The molecule has 2 fully saturated rings. The standard InChI is InChI=1S/C18H23FN2O4/c1-20(2)18(23)14-10-16-13(6-7-25-16)21(14)17(22)9-11-4-5-15(24-3)12(19)8-11/h4-5,8,13-14,16H,6-7,9-10H2,1-3H3/t13-,14?,16-/m0/s1. The highest BCUT2D eigenvalue weighted by Crippen LogP contribution is 2.35. The third kappa shape index (κ3) is 3.33. The smallest absolute Gasteiger partial charge is 0.244 e. The number of hydrogen-bond acceptors (Lipinski definition) is 4. The van der Waals surface area contributed by atoms with Crippen LogP contribution in [0, 0.1) is 5.82 Å². The van der Waals surface area contributed by atoms with Gasteiger partial charge < -0.3 is 19.3 Å². The Balaban J connectivity index is 1.80. The third-order valence-electron chi connectivity index (χ3n) is 4.91. The molecule has 2 amide bonds. The molecule has 2 saturated heterocycles. The minimum absolute atomic E-state index is 0.0430. The minimum Gasteiger partial charge on any atom is -0.494 e. The topological polar surface area (TPSA) is 59.1 Å². The first-order chi connectivity index (χ1) is 11.9. The Morgan fingerprint density at radius 1 is 1.40 bits per heavy atom. The number of amides is 2. The molecule has 3 rings (SSSR count). The van der Waals surface area contributed by atoms with Crippen molar-refractivity contribution in [3.63, 3.8) is 0 Å². The van der Waals surface area contributed by atoms with Gasteiger partial charge in [-0.05, 0) is 24.1 Å². The summed E-state index contributed by atoms with van der Waals surface area (Å²) >= 11 is 0. The fraction of sp³-hybridized carbons (Fsp3) is 0.556. The van der Waals surface area contributed by atoms with Gasteiger partial charge in [0, 0.05) is 27.1 Å². The molecule has 2 aliphatic rings. The lowest BCUT2D eigenvalue weighted by Gasteiger charge is -2.30. The van der Waals surface area contributed by atoms with Gasteiger partial charge in [-0.15, -0.1) is 0 Å². The van der Waals surface area contributed by atoms with Crippen molar-refractivity contribution in [2.75, 3.05) is 27.8 Å². The molecule has 0 saturated carbocycles. The van der Waals surface area contributed by atoms with Crippen LogP contribution in [0.25, 0.3) is 0 Å². The van der Waals surface area contributed by atoms with E-state index in [1.54, 1.807) is 25.1 Å². The van der Waals surface area contributed by atoms with Crippen molar-refractivity contribution in [1.82, 2.24) is 9.80 Å². The Morgan fingerprint density at radius 2 is 2.16 bits per heavy atom. The van der Waals surface area contributed by atoms with Crippen LogP contribution in [-0.2, 0) is 20.7 Å². The number of ether oxygens (including phenoxy) is 2. The van der Waals surface area contributed by atoms with Gasteiger partial charge in [0.25, 0.3) is 0 Å². The van der Waals surface area contributed by atoms with E-state index in [9.17, 15) is 14.0 Å². The van der Waals surface area contributed by atoms with Crippen molar-refractivity contribution in [2.24, 2.45) is 0 Å². The van der Waals surface area contributed by atoms with Crippen LogP contribution >= 0.6 is 0 Å². The fourth-order valence-electron chi connectivity index (χ4n) is 3.71. The van der Waals surface area contributed by atoms with Gasteiger partial charge in [0.1, 0.15) is 6.04 Å². The molecule has 0 aromatic heterocycles. The predicted molar refractivity (Wildman–Crippen MR) is 88.7 cm³/mol. The van der Waals surface area contributed by atoms with Crippen molar-refractivity contribution in [1.29, 1.82) is 0 Å². The Kier molecular flexibility index (Phi) is 4.94. The second-order valence-corrected chi connectivity index (χ2v) is 6.70. The van der Waals surface area contributed by atoms with E-state index in [2.05, 4.69) is 0 Å². The maximum atomic E-state index is 13.9. The third-order valence-corrected chi connectivity index (χ3v) is 4.91. The molecule has 2 heterocycles. The van der Waals surface area contributed by atoms with E-state index >= 15 is 0 Å². The van der Waals surface area contributed by atoms with Crippen LogP contribution < -0.4 is 4.74 Å². The summed E-state index contributed by atoms with van der Waals surface area (Å²) in [4.78, 5) is 28.5. The van der Waals surface area contributed by atoms with Gasteiger partial charge in [-0.3, -0.25) is 9.59 Å². The number of likely N-dealkylation sites (N-methyl/N-ethyl adjacent to an activating group) is 1. The summed E-state index contributed by atoms with van der Waals surface area (Å²) in [5.41, 5.74) is 0.557. The van der Waals surface area contributed by atoms with E-state index in [4.69, 9.17) is 9.47 Å². The maximum absolute atomic E-state index is 13.9. The quantitative estimate of drug-likeness (QED) is 0.819. The average molecular weight is 350 g/mol. The van der Waals surface area contributed by atoms with E-state index in [1.165, 1.54) is 24.1 Å². The highest BCUT2D eigenvalue weighted by Gasteiger charge is 2.49. The number of carbonyl (C=O) groups is 2. The van der Waals surface area contributed by atoms with Gasteiger partial charge in [0.15, 0.2) is 11.6 Å². The zero-order valence-electron chi connectivity index (χ0n) is 14.7. The molecule has 1 unspecified atom stereocenters. The summed E-state index contributed by atoms with van der Waals surface area (Å²) < 4.78 is 24.4. The Labute approximate surface area is 146 Å². The van der Waals surface area contributed by atoms with Gasteiger partial charge in [-0.2, -0.15) is 0 Å². The number of rotatable bonds is 4. The molecule has 7 heteroatoms. The van der Waals surface area contributed by atoms with Crippen LogP contribution in [0.3, 0.4) is 0 Å². The van der Waals surface area contributed by atoms with Crippen molar-refractivity contribution >= 4 is 11.8 Å². The van der Waals surface area contributed by atoms with Crippen molar-refractivity contribution in [3.05, 3.63) is 29.6 Å². The summed E-state index contributed by atoms with van der Waals surface area (Å²) in [6.45, 7) is 0.596. The fourth-order valence-corrected chi connectivity index (χ4v) is 3.71. The van der Waals surface area contributed by atoms with Crippen LogP contribution in [0.4, 0.5) is 4.39 Å². The van der Waals surface area contributed by atoms with Gasteiger partial charge in [0.2, 0.25) is 11.8 Å². The molecule has 0 N–H and O–H groups in total. The average Bonchev–Trinajstić information content (AvgIpc) is 3.14. The molecule has 3 atom stereocenters. The van der Waals surface area contributed by atoms with Crippen molar-refractivity contribution in [2.45, 2.75) is 37.5 Å². The normalized spacial score (nSPS) is 25.0. The monoisotopic (exact) mass is 350 g/mol. The van der Waals surface area contributed by atoms with E-state index < -0.39 is 11.9 Å². The van der Waals surface area contributed by atoms with Crippen molar-refractivity contribution < 1.29 is 23.5 Å². The Morgan fingerprint density at radius 3 is 2.80 bits per heavy atom. The Hall–Kier alpha value is -2.15. The summed E-state index contributed by atoms with van der Waals surface area (Å²) in [6, 6.07) is 3.89. The summed E-state index contributed by atoms with van der Waals surface area (Å²) in [6.07, 6.45) is 1.20. The molecule has 0 spiro atoms. The number of fused-ring (bicyclic) bond motifs is 1. The van der Waals surface area contributed by atoms with E-state index in [-0.39, 0.29) is 36.1 Å². The molecule has 136 valence electrons. The second kappa shape index (κ2) is 7.00. The molecule has 2 aliphatic heterocycles. The van der Waals surface area contributed by atoms with Crippen LogP contribution in [-0.4, -0.2) is 67.6 Å². The van der Waals surface area contributed by atoms with Crippen LogP contribution in [0.1, 0.15) is 18.4 Å². The molecule has 0 bridgehead atoms. The Bertz CT molecular complexity index is 679. The maximum Gasteiger partial charge on any atom is 0.244 e. The molecule has 1 aromatic carbocycles. The highest BCUT2D eigenvalue weighted by atomic mass is 19.1. The number of hydrogen-bond donors (Lipinski definition) is 0. The zero-order valence-corrected chi connectivity index (χ0v) is 14.7. The van der Waals surface area contributed by atoms with Crippen LogP contribution in [0.5, 0.6) is 5.75 Å². The number of benzene rings is 1. The van der Waals surface area contributed by atoms with Crippen molar-refractivity contribution in [3.8, 4) is 5.75 Å². The highest BCUT2D eigenvalue weighted by molar-refractivity contribution is 5.89. The number of methoxy groups -OCH3 is 1. The lowest BCUT2D eigenvalue weighted by Crippen LogP contribution is -2.49. The predicted octanol–water partition coefficient (Wildman–Crippen LogP) is 1.22. The molecular formula is C18H23FN2O4. The van der Waals surface area contributed by atoms with E-state index in [0.29, 0.717) is 18.6 Å². The molecule has 6 nitrogen and oxygen atoms in total. The molecular weight excluding hydrogens is 327 g/mol. The number of halogens is 1. The number of nitrogens with zero attached hydrogens (tertiary/aromatic N) is 2. The SMILES string of the molecule is COc1ccc(CC(=O)N2C(C(=O)N(C)C)C[C@@H]3OCC[C@@H]32)cc1F. The minimum atomic E-state index is -0.513. The van der Waals surface area contributed by atoms with Gasteiger partial charge >= 0.3 is 0 Å². The van der Waals surface area contributed by atoms with Gasteiger partial charge in [-0.25, -0.2) is 4.39 Å². The second-order valence-electron chi connectivity index (χ2n) is 6.70. The van der Waals surface area contributed by atoms with E-state index in [1.807, 2.05) is 0 Å². The summed E-state index contributed by atoms with van der Waals surface area (Å²) in [7, 11) is 4.75. The lowest BCUT2D eigenvalue weighted by atomic mass is 10.1. The van der Waals surface area contributed by atoms with Crippen LogP contribution in [0.15, 0.2) is 18.2 Å². The molecule has 0 aliphatic carbocycles. The first kappa shape index (κ1) is 17.7. The molecule has 25 heavy (non-hydrogen) atoms. The molecule has 0 radical (unpaired) electrons. The zero-order chi connectivity index (χ0) is 18.1. The summed E-state index contributed by atoms with van der Waals surface area (Å²) in [5.74, 6) is -0.644. The first-order valence-electron chi connectivity index (χ1n) is 8.38. The van der Waals surface area contributed by atoms with E-state index in [0.717, 1.165) is 6.42 Å². The number of carbonyl (C=O) groups excluding carboxylic acids is 2. The summed E-state index contributed by atoms with van der Waals surface area (Å²) in [5, 5.41) is 0. The van der Waals surface area contributed by atoms with Gasteiger partial charge in [-0.1, -0.05) is 6.07 Å². The van der Waals surface area contributed by atoms with Gasteiger partial charge in [0.05, 0.1) is 25.7 Å². The van der Waals surface area contributed by atoms with Crippen LogP contribution in [0.2, 0.25) is 0 Å². The largest absolute Gasteiger partial charge is 0.494 e. The number of likely N-dealkylation sites (tertiary alicyclic amines) is 1. The lowest BCUT2D eigenvalue weighted by molar-refractivity contribution is -0.143. The molecule has 1 aromatic rings. The first-order valence-corrected chi connectivity index (χ1v) is 8.38.